The number of carbonyl (C=O) groups excluding carboxylic acids is 1. The van der Waals surface area contributed by atoms with Gasteiger partial charge >= 0.3 is 0 Å². The largest absolute Gasteiger partial charge is 0.480 e. The van der Waals surface area contributed by atoms with Crippen LogP contribution in [0.2, 0.25) is 0 Å². The number of rotatable bonds is 4. The molecule has 3 rings (SSSR count). The number of hydrogen-bond acceptors (Lipinski definition) is 3. The van der Waals surface area contributed by atoms with Crippen molar-refractivity contribution in [1.82, 2.24) is 9.80 Å². The van der Waals surface area contributed by atoms with Crippen LogP contribution < -0.4 is 4.74 Å². The van der Waals surface area contributed by atoms with Gasteiger partial charge in [-0.3, -0.25) is 4.79 Å². The van der Waals surface area contributed by atoms with Gasteiger partial charge in [0.2, 0.25) is 0 Å². The lowest BCUT2D eigenvalue weighted by Crippen LogP contribution is -2.51. The standard InChI is InChI=1S/C19H24N2O2/c1-3-17(19(22)21-13-11-20(2)12-14-21)23-18-10-6-8-15-7-4-5-9-16(15)18/h4-10,17H,3,11-14H2,1-2H3/t17-/m0/s1. The molecule has 1 atom stereocenters. The lowest BCUT2D eigenvalue weighted by Gasteiger charge is -2.34. The van der Waals surface area contributed by atoms with Crippen molar-refractivity contribution in [3.05, 3.63) is 42.5 Å². The first-order chi connectivity index (χ1) is 11.2. The Balaban J connectivity index is 1.77. The Hall–Kier alpha value is -2.07. The van der Waals surface area contributed by atoms with E-state index in [4.69, 9.17) is 4.74 Å². The Morgan fingerprint density at radius 3 is 2.52 bits per heavy atom. The quantitative estimate of drug-likeness (QED) is 0.870. The molecule has 0 unspecified atom stereocenters. The number of hydrogen-bond donors (Lipinski definition) is 0. The fourth-order valence-electron chi connectivity index (χ4n) is 2.99. The third kappa shape index (κ3) is 3.48. The average Bonchev–Trinajstić information content (AvgIpc) is 2.60. The van der Waals surface area contributed by atoms with E-state index in [0.717, 1.165) is 42.7 Å². The SMILES string of the molecule is CC[C@H](Oc1cccc2ccccc12)C(=O)N1CCN(C)CC1. The van der Waals surface area contributed by atoms with Crippen molar-refractivity contribution in [1.29, 1.82) is 0 Å². The third-order valence-corrected chi connectivity index (χ3v) is 4.48. The monoisotopic (exact) mass is 312 g/mol. The average molecular weight is 312 g/mol. The van der Waals surface area contributed by atoms with Crippen LogP contribution in [0.5, 0.6) is 5.75 Å². The predicted molar refractivity (Wildman–Crippen MR) is 92.7 cm³/mol. The maximum absolute atomic E-state index is 12.8. The molecule has 2 aromatic carbocycles. The lowest BCUT2D eigenvalue weighted by atomic mass is 10.1. The lowest BCUT2D eigenvalue weighted by molar-refractivity contribution is -0.140. The van der Waals surface area contributed by atoms with Gasteiger partial charge in [-0.05, 0) is 24.9 Å². The number of amides is 1. The van der Waals surface area contributed by atoms with Crippen LogP contribution in [-0.2, 0) is 4.79 Å². The summed E-state index contributed by atoms with van der Waals surface area (Å²) in [4.78, 5) is 16.9. The summed E-state index contributed by atoms with van der Waals surface area (Å²) in [6.45, 7) is 5.42. The zero-order chi connectivity index (χ0) is 16.2. The van der Waals surface area contributed by atoms with Gasteiger partial charge in [0.1, 0.15) is 5.75 Å². The molecule has 1 aliphatic rings. The predicted octanol–water partition coefficient (Wildman–Crippen LogP) is 2.77. The number of ether oxygens (including phenoxy) is 1. The first kappa shape index (κ1) is 15.8. The molecule has 0 aromatic heterocycles. The molecule has 1 saturated heterocycles. The van der Waals surface area contributed by atoms with E-state index in [-0.39, 0.29) is 5.91 Å². The van der Waals surface area contributed by atoms with Crippen LogP contribution in [0.25, 0.3) is 10.8 Å². The molecule has 122 valence electrons. The maximum atomic E-state index is 12.8. The molecule has 0 saturated carbocycles. The molecule has 23 heavy (non-hydrogen) atoms. The fourth-order valence-corrected chi connectivity index (χ4v) is 2.99. The molecule has 1 amide bonds. The molecular weight excluding hydrogens is 288 g/mol. The molecule has 0 N–H and O–H groups in total. The number of fused-ring (bicyclic) bond motifs is 1. The van der Waals surface area contributed by atoms with Gasteiger partial charge in [-0.25, -0.2) is 0 Å². The van der Waals surface area contributed by atoms with Crippen molar-refractivity contribution < 1.29 is 9.53 Å². The van der Waals surface area contributed by atoms with Crippen LogP contribution in [0.4, 0.5) is 0 Å². The third-order valence-electron chi connectivity index (χ3n) is 4.48. The Bertz CT molecular complexity index is 673. The zero-order valence-electron chi connectivity index (χ0n) is 13.9. The minimum Gasteiger partial charge on any atom is -0.480 e. The van der Waals surface area contributed by atoms with Crippen molar-refractivity contribution in [2.75, 3.05) is 33.2 Å². The maximum Gasteiger partial charge on any atom is 0.263 e. The second-order valence-corrected chi connectivity index (χ2v) is 6.12. The van der Waals surface area contributed by atoms with E-state index in [1.165, 1.54) is 0 Å². The van der Waals surface area contributed by atoms with E-state index in [9.17, 15) is 4.79 Å². The molecule has 4 heteroatoms. The molecule has 2 aromatic rings. The summed E-state index contributed by atoms with van der Waals surface area (Å²) in [5.41, 5.74) is 0. The van der Waals surface area contributed by atoms with E-state index < -0.39 is 6.10 Å². The Morgan fingerprint density at radius 1 is 1.09 bits per heavy atom. The summed E-state index contributed by atoms with van der Waals surface area (Å²) in [5, 5.41) is 2.19. The Labute approximate surface area is 137 Å². The number of carbonyl (C=O) groups is 1. The first-order valence-electron chi connectivity index (χ1n) is 8.31. The fraction of sp³-hybridized carbons (Fsp3) is 0.421. The molecule has 1 heterocycles. The minimum absolute atomic E-state index is 0.105. The summed E-state index contributed by atoms with van der Waals surface area (Å²) < 4.78 is 6.11. The van der Waals surface area contributed by atoms with Gasteiger partial charge in [-0.1, -0.05) is 43.3 Å². The Morgan fingerprint density at radius 2 is 1.78 bits per heavy atom. The number of benzene rings is 2. The summed E-state index contributed by atoms with van der Waals surface area (Å²) >= 11 is 0. The van der Waals surface area contributed by atoms with Crippen molar-refractivity contribution >= 4 is 16.7 Å². The van der Waals surface area contributed by atoms with Gasteiger partial charge in [0.15, 0.2) is 6.10 Å². The van der Waals surface area contributed by atoms with Gasteiger partial charge in [0.05, 0.1) is 0 Å². The van der Waals surface area contributed by atoms with E-state index in [2.05, 4.69) is 24.1 Å². The van der Waals surface area contributed by atoms with Gasteiger partial charge in [-0.2, -0.15) is 0 Å². The van der Waals surface area contributed by atoms with E-state index in [0.29, 0.717) is 6.42 Å². The summed E-state index contributed by atoms with van der Waals surface area (Å²) in [5.74, 6) is 0.894. The highest BCUT2D eigenvalue weighted by molar-refractivity contribution is 5.89. The molecule has 0 radical (unpaired) electrons. The first-order valence-corrected chi connectivity index (χ1v) is 8.31. The Kier molecular flexibility index (Phi) is 4.82. The van der Waals surface area contributed by atoms with Gasteiger partial charge < -0.3 is 14.5 Å². The highest BCUT2D eigenvalue weighted by atomic mass is 16.5. The van der Waals surface area contributed by atoms with Crippen LogP contribution >= 0.6 is 0 Å². The molecule has 0 aliphatic carbocycles. The summed E-state index contributed by atoms with van der Waals surface area (Å²) in [6, 6.07) is 14.1. The van der Waals surface area contributed by atoms with Gasteiger partial charge in [0, 0.05) is 31.6 Å². The van der Waals surface area contributed by atoms with Crippen molar-refractivity contribution in [2.24, 2.45) is 0 Å². The minimum atomic E-state index is -0.413. The normalized spacial score (nSPS) is 17.2. The topological polar surface area (TPSA) is 32.8 Å². The molecular formula is C19H24N2O2. The molecule has 1 aliphatic heterocycles. The van der Waals surface area contributed by atoms with Gasteiger partial charge in [-0.15, -0.1) is 0 Å². The number of likely N-dealkylation sites (N-methyl/N-ethyl adjacent to an activating group) is 1. The molecule has 4 nitrogen and oxygen atoms in total. The van der Waals surface area contributed by atoms with Crippen LogP contribution in [0.1, 0.15) is 13.3 Å². The molecule has 0 spiro atoms. The summed E-state index contributed by atoms with van der Waals surface area (Å²) in [6.07, 6.45) is 0.262. The highest BCUT2D eigenvalue weighted by Gasteiger charge is 2.27. The van der Waals surface area contributed by atoms with Crippen LogP contribution in [0.15, 0.2) is 42.5 Å². The zero-order valence-corrected chi connectivity index (χ0v) is 13.9. The van der Waals surface area contributed by atoms with E-state index in [1.54, 1.807) is 0 Å². The van der Waals surface area contributed by atoms with Gasteiger partial charge in [0.25, 0.3) is 5.91 Å². The van der Waals surface area contributed by atoms with Crippen LogP contribution in [0, 0.1) is 0 Å². The van der Waals surface area contributed by atoms with Crippen molar-refractivity contribution in [2.45, 2.75) is 19.4 Å². The second-order valence-electron chi connectivity index (χ2n) is 6.12. The number of nitrogens with zero attached hydrogens (tertiary/aromatic N) is 2. The highest BCUT2D eigenvalue weighted by Crippen LogP contribution is 2.27. The summed E-state index contributed by atoms with van der Waals surface area (Å²) in [7, 11) is 2.09. The van der Waals surface area contributed by atoms with E-state index >= 15 is 0 Å². The second kappa shape index (κ2) is 7.01. The van der Waals surface area contributed by atoms with Crippen LogP contribution in [0.3, 0.4) is 0 Å². The molecule has 0 bridgehead atoms. The number of piperazine rings is 1. The molecule has 1 fully saturated rings. The van der Waals surface area contributed by atoms with Crippen molar-refractivity contribution in [3.8, 4) is 5.75 Å². The van der Waals surface area contributed by atoms with E-state index in [1.807, 2.05) is 42.2 Å². The smallest absolute Gasteiger partial charge is 0.263 e. The van der Waals surface area contributed by atoms with Crippen molar-refractivity contribution in [3.63, 3.8) is 0 Å². The van der Waals surface area contributed by atoms with Crippen LogP contribution in [-0.4, -0.2) is 55.0 Å².